The lowest BCUT2D eigenvalue weighted by Gasteiger charge is -2.25. The van der Waals surface area contributed by atoms with Crippen molar-refractivity contribution >= 4 is 50.4 Å². The minimum absolute atomic E-state index is 0.0887. The predicted molar refractivity (Wildman–Crippen MR) is 192 cm³/mol. The maximum atomic E-state index is 12.9. The molecule has 5 rings (SSSR count). The summed E-state index contributed by atoms with van der Waals surface area (Å²) in [4.78, 5) is 30.3. The molecular formula is C35H46N8O2S2. The van der Waals surface area contributed by atoms with E-state index in [1.54, 1.807) is 0 Å². The number of rotatable bonds is 15. The monoisotopic (exact) mass is 674 g/mol. The van der Waals surface area contributed by atoms with Crippen molar-refractivity contribution in [3.8, 4) is 0 Å². The van der Waals surface area contributed by atoms with Gasteiger partial charge in [0.15, 0.2) is 0 Å². The van der Waals surface area contributed by atoms with Gasteiger partial charge in [-0.3, -0.25) is 14.5 Å². The zero-order valence-corrected chi connectivity index (χ0v) is 29.5. The molecule has 2 aromatic carbocycles. The van der Waals surface area contributed by atoms with Crippen LogP contribution >= 0.6 is 22.7 Å². The van der Waals surface area contributed by atoms with Crippen molar-refractivity contribution in [1.29, 1.82) is 0 Å². The van der Waals surface area contributed by atoms with E-state index < -0.39 is 0 Å². The molecule has 250 valence electrons. The average Bonchev–Trinajstić information content (AvgIpc) is 3.74. The molecule has 4 aromatic rings. The van der Waals surface area contributed by atoms with Gasteiger partial charge in [0.1, 0.15) is 10.0 Å². The van der Waals surface area contributed by atoms with E-state index in [2.05, 4.69) is 92.8 Å². The SMILES string of the molecule is CCN(CC)Cc1cccc(CC(=O)Nc2nnc([C@H]3CCC[C@H](c4nnc(NC(=O)Cc5cccc(N(CC)CC)c5)s4)C3)s2)c1. The van der Waals surface area contributed by atoms with Gasteiger partial charge in [-0.2, -0.15) is 0 Å². The Morgan fingerprint density at radius 2 is 1.26 bits per heavy atom. The van der Waals surface area contributed by atoms with Crippen molar-refractivity contribution in [3.63, 3.8) is 0 Å². The number of benzene rings is 2. The Kier molecular flexibility index (Phi) is 12.4. The summed E-state index contributed by atoms with van der Waals surface area (Å²) < 4.78 is 0. The van der Waals surface area contributed by atoms with E-state index in [1.807, 2.05) is 24.3 Å². The van der Waals surface area contributed by atoms with Gasteiger partial charge in [0.2, 0.25) is 22.1 Å². The minimum atomic E-state index is -0.0957. The van der Waals surface area contributed by atoms with Crippen LogP contribution in [0.4, 0.5) is 16.0 Å². The smallest absolute Gasteiger partial charge is 0.230 e. The summed E-state index contributed by atoms with van der Waals surface area (Å²) in [5.74, 6) is 0.304. The third-order valence-electron chi connectivity index (χ3n) is 8.81. The normalized spacial score (nSPS) is 16.3. The number of carbonyl (C=O) groups is 2. The second-order valence-electron chi connectivity index (χ2n) is 12.0. The number of amides is 2. The standard InChI is InChI=1S/C35H46N8O2S2/c1-5-42(6-2)23-26-14-9-12-24(18-26)20-30(44)36-34-40-38-32(46-34)27-15-11-16-28(22-27)33-39-41-35(47-33)37-31(45)21-25-13-10-17-29(19-25)43(7-3)8-4/h9-10,12-14,17-19,27-28H,5-8,11,15-16,20-23H2,1-4H3,(H,36,40,44)(H,37,41,45)/t27-,28-/m0/s1. The molecule has 2 aromatic heterocycles. The summed E-state index contributed by atoms with van der Waals surface area (Å²) >= 11 is 2.92. The first-order valence-corrected chi connectivity index (χ1v) is 18.4. The van der Waals surface area contributed by atoms with Gasteiger partial charge in [-0.05, 0) is 75.0 Å². The molecule has 1 aliphatic rings. The van der Waals surface area contributed by atoms with Gasteiger partial charge in [0.05, 0.1) is 12.8 Å². The third kappa shape index (κ3) is 9.65. The highest BCUT2D eigenvalue weighted by Crippen LogP contribution is 2.43. The van der Waals surface area contributed by atoms with Crippen LogP contribution in [-0.2, 0) is 29.0 Å². The van der Waals surface area contributed by atoms with Crippen LogP contribution in [0, 0.1) is 0 Å². The number of nitrogens with one attached hydrogen (secondary N) is 2. The van der Waals surface area contributed by atoms with Gasteiger partial charge in [-0.25, -0.2) is 0 Å². The lowest BCUT2D eigenvalue weighted by Crippen LogP contribution is -2.22. The number of anilines is 3. The molecule has 0 radical (unpaired) electrons. The number of carbonyl (C=O) groups excluding carboxylic acids is 2. The first kappa shape index (κ1) is 34.6. The molecule has 1 aliphatic carbocycles. The average molecular weight is 675 g/mol. The summed E-state index contributed by atoms with van der Waals surface area (Å²) in [6.07, 6.45) is 4.56. The minimum Gasteiger partial charge on any atom is -0.372 e. The quantitative estimate of drug-likeness (QED) is 0.140. The molecule has 2 atom stereocenters. The van der Waals surface area contributed by atoms with Crippen LogP contribution in [0.2, 0.25) is 0 Å². The fourth-order valence-corrected chi connectivity index (χ4v) is 8.05. The number of hydrogen-bond donors (Lipinski definition) is 2. The van der Waals surface area contributed by atoms with Gasteiger partial charge in [0.25, 0.3) is 0 Å². The van der Waals surface area contributed by atoms with Crippen LogP contribution in [0.1, 0.15) is 91.9 Å². The summed E-state index contributed by atoms with van der Waals surface area (Å²) in [6, 6.07) is 16.4. The van der Waals surface area contributed by atoms with Crippen molar-refractivity contribution in [1.82, 2.24) is 25.3 Å². The molecule has 12 heteroatoms. The Hall–Kier alpha value is -3.74. The lowest BCUT2D eigenvalue weighted by molar-refractivity contribution is -0.116. The third-order valence-corrected chi connectivity index (χ3v) is 10.8. The molecule has 0 saturated heterocycles. The summed E-state index contributed by atoms with van der Waals surface area (Å²) in [5.41, 5.74) is 4.30. The van der Waals surface area contributed by atoms with E-state index in [9.17, 15) is 9.59 Å². The zero-order chi connectivity index (χ0) is 33.2. The van der Waals surface area contributed by atoms with Gasteiger partial charge in [-0.15, -0.1) is 20.4 Å². The summed E-state index contributed by atoms with van der Waals surface area (Å²) in [5, 5.41) is 26.4. The Morgan fingerprint density at radius 1 is 0.723 bits per heavy atom. The van der Waals surface area contributed by atoms with E-state index in [4.69, 9.17) is 0 Å². The fourth-order valence-electron chi connectivity index (χ4n) is 6.23. The van der Waals surface area contributed by atoms with Gasteiger partial charge in [-0.1, -0.05) is 79.3 Å². The second kappa shape index (κ2) is 16.9. The number of hydrogen-bond acceptors (Lipinski definition) is 10. The van der Waals surface area contributed by atoms with E-state index in [0.29, 0.717) is 16.7 Å². The van der Waals surface area contributed by atoms with Crippen LogP contribution in [-0.4, -0.2) is 63.3 Å². The van der Waals surface area contributed by atoms with Crippen molar-refractivity contribution in [2.24, 2.45) is 0 Å². The Bertz CT molecular complexity index is 1610. The first-order chi connectivity index (χ1) is 22.9. The Labute approximate surface area is 286 Å². The highest BCUT2D eigenvalue weighted by Gasteiger charge is 2.29. The van der Waals surface area contributed by atoms with Crippen molar-refractivity contribution in [2.75, 3.05) is 41.7 Å². The number of nitrogens with zero attached hydrogens (tertiary/aromatic N) is 6. The molecule has 0 bridgehead atoms. The predicted octanol–water partition coefficient (Wildman–Crippen LogP) is 6.88. The fraction of sp³-hybridized carbons (Fsp3) is 0.486. The maximum Gasteiger partial charge on any atom is 0.230 e. The van der Waals surface area contributed by atoms with Crippen molar-refractivity contribution < 1.29 is 9.59 Å². The molecule has 0 unspecified atom stereocenters. The molecule has 47 heavy (non-hydrogen) atoms. The van der Waals surface area contributed by atoms with Crippen LogP contribution < -0.4 is 15.5 Å². The molecule has 2 amide bonds. The van der Waals surface area contributed by atoms with Crippen molar-refractivity contribution in [3.05, 3.63) is 75.2 Å². The zero-order valence-electron chi connectivity index (χ0n) is 27.9. The summed E-state index contributed by atoms with van der Waals surface area (Å²) in [6.45, 7) is 13.3. The highest BCUT2D eigenvalue weighted by atomic mass is 32.1. The molecule has 2 heterocycles. The van der Waals surface area contributed by atoms with E-state index in [1.165, 1.54) is 28.2 Å². The Balaban J connectivity index is 1.12. The molecule has 10 nitrogen and oxygen atoms in total. The lowest BCUT2D eigenvalue weighted by atomic mass is 9.82. The number of aromatic nitrogens is 4. The van der Waals surface area contributed by atoms with Gasteiger partial charge >= 0.3 is 0 Å². The molecule has 1 saturated carbocycles. The molecular weight excluding hydrogens is 629 g/mol. The second-order valence-corrected chi connectivity index (χ2v) is 14.0. The van der Waals surface area contributed by atoms with Crippen molar-refractivity contribution in [2.45, 2.75) is 84.6 Å². The van der Waals surface area contributed by atoms with Gasteiger partial charge < -0.3 is 15.5 Å². The van der Waals surface area contributed by atoms with E-state index in [0.717, 1.165) is 85.2 Å². The van der Waals surface area contributed by atoms with E-state index >= 15 is 0 Å². The summed E-state index contributed by atoms with van der Waals surface area (Å²) in [7, 11) is 0. The maximum absolute atomic E-state index is 12.9. The van der Waals surface area contributed by atoms with Gasteiger partial charge in [0, 0.05) is 37.2 Å². The first-order valence-electron chi connectivity index (χ1n) is 16.8. The van der Waals surface area contributed by atoms with Crippen LogP contribution in [0.3, 0.4) is 0 Å². The van der Waals surface area contributed by atoms with Crippen LogP contribution in [0.15, 0.2) is 48.5 Å². The van der Waals surface area contributed by atoms with Crippen LogP contribution in [0.5, 0.6) is 0 Å². The highest BCUT2D eigenvalue weighted by molar-refractivity contribution is 7.15. The molecule has 0 spiro atoms. The Morgan fingerprint density at radius 3 is 1.81 bits per heavy atom. The van der Waals surface area contributed by atoms with E-state index in [-0.39, 0.29) is 30.1 Å². The topological polar surface area (TPSA) is 116 Å². The molecule has 2 N–H and O–H groups in total. The largest absolute Gasteiger partial charge is 0.372 e. The molecule has 1 fully saturated rings. The molecule has 0 aliphatic heterocycles. The van der Waals surface area contributed by atoms with Crippen LogP contribution in [0.25, 0.3) is 0 Å².